The lowest BCUT2D eigenvalue weighted by Gasteiger charge is -2.22. The summed E-state index contributed by atoms with van der Waals surface area (Å²) in [5.74, 6) is 1.74. The minimum atomic E-state index is -0.389. The summed E-state index contributed by atoms with van der Waals surface area (Å²) in [5.41, 5.74) is 5.03. The van der Waals surface area contributed by atoms with Gasteiger partial charge in [0.05, 0.1) is 6.54 Å². The van der Waals surface area contributed by atoms with Gasteiger partial charge in [0.2, 0.25) is 5.91 Å². The summed E-state index contributed by atoms with van der Waals surface area (Å²) in [6.07, 6.45) is 0. The van der Waals surface area contributed by atoms with Crippen LogP contribution in [0.2, 0.25) is 0 Å². The molecule has 0 atom stereocenters. The molecule has 0 spiro atoms. The van der Waals surface area contributed by atoms with Gasteiger partial charge in [-0.25, -0.2) is 9.97 Å². The molecule has 0 saturated heterocycles. The predicted octanol–water partition coefficient (Wildman–Crippen LogP) is 0.737. The third-order valence-electron chi connectivity index (χ3n) is 2.42. The lowest BCUT2D eigenvalue weighted by atomic mass is 9.96. The first-order chi connectivity index (χ1) is 8.24. The number of likely N-dealkylation sites (N-methyl/N-ethyl adjacent to an activating group) is 1. The molecule has 1 aromatic heterocycles. The summed E-state index contributed by atoms with van der Waals surface area (Å²) in [7, 11) is 3.58. The number of hydrogen-bond donors (Lipinski definition) is 2. The van der Waals surface area contributed by atoms with E-state index in [9.17, 15) is 4.79 Å². The molecule has 0 saturated carbocycles. The average Bonchev–Trinajstić information content (AvgIpc) is 2.26. The van der Waals surface area contributed by atoms with Crippen molar-refractivity contribution in [2.75, 3.05) is 30.9 Å². The van der Waals surface area contributed by atoms with Crippen molar-refractivity contribution in [3.8, 4) is 0 Å². The molecule has 6 nitrogen and oxygen atoms in total. The molecule has 6 heteroatoms. The van der Waals surface area contributed by atoms with Crippen LogP contribution in [0.5, 0.6) is 0 Å². The van der Waals surface area contributed by atoms with Crippen LogP contribution in [-0.4, -0.2) is 36.5 Å². The van der Waals surface area contributed by atoms with Crippen LogP contribution in [0.3, 0.4) is 0 Å². The van der Waals surface area contributed by atoms with Crippen molar-refractivity contribution in [3.05, 3.63) is 11.9 Å². The molecule has 0 radical (unpaired) electrons. The first-order valence-corrected chi connectivity index (χ1v) is 5.81. The van der Waals surface area contributed by atoms with Gasteiger partial charge in [-0.1, -0.05) is 20.8 Å². The van der Waals surface area contributed by atoms with Gasteiger partial charge in [-0.05, 0) is 0 Å². The number of anilines is 2. The second-order valence-corrected chi connectivity index (χ2v) is 5.26. The number of nitrogens with two attached hydrogens (primary N) is 1. The van der Waals surface area contributed by atoms with Crippen molar-refractivity contribution >= 4 is 17.5 Å². The Hall–Kier alpha value is -1.85. The standard InChI is InChI=1S/C12H21N5O/c1-12(2,3)11-15-9(14-4)6-10(16-11)17(5)7-8(13)18/h6H,7H2,1-5H3,(H2,13,18)(H,14,15,16). The number of aromatic nitrogens is 2. The number of hydrogen-bond acceptors (Lipinski definition) is 5. The summed E-state index contributed by atoms with van der Waals surface area (Å²) in [4.78, 5) is 21.5. The van der Waals surface area contributed by atoms with E-state index in [4.69, 9.17) is 5.73 Å². The van der Waals surface area contributed by atoms with Gasteiger partial charge < -0.3 is 16.0 Å². The van der Waals surface area contributed by atoms with E-state index >= 15 is 0 Å². The minimum absolute atomic E-state index is 0.129. The fourth-order valence-electron chi connectivity index (χ4n) is 1.41. The van der Waals surface area contributed by atoms with Crippen molar-refractivity contribution in [2.24, 2.45) is 5.73 Å². The Bertz CT molecular complexity index is 439. The fourth-order valence-corrected chi connectivity index (χ4v) is 1.41. The van der Waals surface area contributed by atoms with Gasteiger partial charge in [0.1, 0.15) is 17.5 Å². The van der Waals surface area contributed by atoms with Crippen molar-refractivity contribution < 1.29 is 4.79 Å². The Morgan fingerprint density at radius 2 is 2.06 bits per heavy atom. The smallest absolute Gasteiger partial charge is 0.236 e. The van der Waals surface area contributed by atoms with E-state index in [2.05, 4.69) is 15.3 Å². The molecular formula is C12H21N5O. The Balaban J connectivity index is 3.15. The first kappa shape index (κ1) is 14.2. The van der Waals surface area contributed by atoms with Gasteiger partial charge in [0.25, 0.3) is 0 Å². The van der Waals surface area contributed by atoms with Gasteiger partial charge in [-0.3, -0.25) is 4.79 Å². The summed E-state index contributed by atoms with van der Waals surface area (Å²) in [6.45, 7) is 6.25. The van der Waals surface area contributed by atoms with Gasteiger partial charge in [-0.2, -0.15) is 0 Å². The Morgan fingerprint density at radius 1 is 1.44 bits per heavy atom. The van der Waals surface area contributed by atoms with Crippen LogP contribution in [0, 0.1) is 0 Å². The second kappa shape index (κ2) is 5.20. The van der Waals surface area contributed by atoms with Crippen molar-refractivity contribution in [2.45, 2.75) is 26.2 Å². The molecule has 3 N–H and O–H groups in total. The summed E-state index contributed by atoms with van der Waals surface area (Å²) in [5, 5.41) is 2.99. The first-order valence-electron chi connectivity index (χ1n) is 5.81. The van der Waals surface area contributed by atoms with Crippen LogP contribution < -0.4 is 16.0 Å². The topological polar surface area (TPSA) is 84.1 Å². The van der Waals surface area contributed by atoms with Crippen LogP contribution in [0.15, 0.2) is 6.07 Å². The van der Waals surface area contributed by atoms with Gasteiger partial charge in [-0.15, -0.1) is 0 Å². The Labute approximate surface area is 108 Å². The van der Waals surface area contributed by atoms with E-state index in [-0.39, 0.29) is 17.9 Å². The van der Waals surface area contributed by atoms with Crippen molar-refractivity contribution in [3.63, 3.8) is 0 Å². The van der Waals surface area contributed by atoms with E-state index in [1.54, 1.807) is 25.1 Å². The summed E-state index contributed by atoms with van der Waals surface area (Å²) >= 11 is 0. The molecule has 1 heterocycles. The zero-order chi connectivity index (χ0) is 13.9. The number of nitrogens with zero attached hydrogens (tertiary/aromatic N) is 3. The third-order valence-corrected chi connectivity index (χ3v) is 2.42. The van der Waals surface area contributed by atoms with Crippen LogP contribution in [0.1, 0.15) is 26.6 Å². The van der Waals surface area contributed by atoms with E-state index in [0.29, 0.717) is 5.82 Å². The van der Waals surface area contributed by atoms with E-state index < -0.39 is 0 Å². The number of primary amides is 1. The lowest BCUT2D eigenvalue weighted by molar-refractivity contribution is -0.116. The molecule has 0 aromatic carbocycles. The third kappa shape index (κ3) is 3.58. The quantitative estimate of drug-likeness (QED) is 0.824. The Morgan fingerprint density at radius 3 is 2.50 bits per heavy atom. The number of nitrogens with one attached hydrogen (secondary N) is 1. The summed E-state index contributed by atoms with van der Waals surface area (Å²) < 4.78 is 0. The van der Waals surface area contributed by atoms with Gasteiger partial charge in [0.15, 0.2) is 0 Å². The molecule has 0 aliphatic heterocycles. The molecule has 1 amide bonds. The Kier molecular flexibility index (Phi) is 4.11. The zero-order valence-corrected chi connectivity index (χ0v) is 11.6. The number of carbonyl (C=O) groups is 1. The fraction of sp³-hybridized carbons (Fsp3) is 0.583. The summed E-state index contributed by atoms with van der Waals surface area (Å²) in [6, 6.07) is 1.79. The van der Waals surface area contributed by atoms with Gasteiger partial charge in [0, 0.05) is 25.6 Å². The van der Waals surface area contributed by atoms with Gasteiger partial charge >= 0.3 is 0 Å². The molecule has 18 heavy (non-hydrogen) atoms. The second-order valence-electron chi connectivity index (χ2n) is 5.26. The molecule has 0 fully saturated rings. The molecule has 1 aromatic rings. The van der Waals surface area contributed by atoms with E-state index in [1.165, 1.54) is 0 Å². The monoisotopic (exact) mass is 251 g/mol. The predicted molar refractivity (Wildman–Crippen MR) is 72.7 cm³/mol. The highest BCUT2D eigenvalue weighted by atomic mass is 16.1. The SMILES string of the molecule is CNc1cc(N(C)CC(N)=O)nc(C(C)(C)C)n1. The van der Waals surface area contributed by atoms with E-state index in [0.717, 1.165) is 11.6 Å². The normalized spacial score (nSPS) is 11.2. The van der Waals surface area contributed by atoms with Crippen molar-refractivity contribution in [1.29, 1.82) is 0 Å². The zero-order valence-electron chi connectivity index (χ0n) is 11.6. The molecule has 0 bridgehead atoms. The molecule has 0 unspecified atom stereocenters. The maximum atomic E-state index is 10.9. The molecule has 0 aliphatic carbocycles. The molecule has 1 rings (SSSR count). The molecule has 0 aliphatic rings. The minimum Gasteiger partial charge on any atom is -0.373 e. The molecular weight excluding hydrogens is 230 g/mol. The number of rotatable bonds is 4. The number of amides is 1. The van der Waals surface area contributed by atoms with Crippen LogP contribution >= 0.6 is 0 Å². The lowest BCUT2D eigenvalue weighted by Crippen LogP contribution is -2.32. The van der Waals surface area contributed by atoms with Crippen LogP contribution in [0.4, 0.5) is 11.6 Å². The average molecular weight is 251 g/mol. The van der Waals surface area contributed by atoms with Crippen LogP contribution in [0.25, 0.3) is 0 Å². The van der Waals surface area contributed by atoms with Crippen molar-refractivity contribution in [1.82, 2.24) is 9.97 Å². The highest BCUT2D eigenvalue weighted by Crippen LogP contribution is 2.23. The van der Waals surface area contributed by atoms with E-state index in [1.807, 2.05) is 20.8 Å². The largest absolute Gasteiger partial charge is 0.373 e. The highest BCUT2D eigenvalue weighted by molar-refractivity contribution is 5.79. The van der Waals surface area contributed by atoms with Crippen LogP contribution in [-0.2, 0) is 10.2 Å². The maximum Gasteiger partial charge on any atom is 0.236 e. The highest BCUT2D eigenvalue weighted by Gasteiger charge is 2.20. The maximum absolute atomic E-state index is 10.9. The molecule has 100 valence electrons. The number of carbonyl (C=O) groups excluding carboxylic acids is 1.